The van der Waals surface area contributed by atoms with E-state index in [1.165, 1.54) is 5.39 Å². The van der Waals surface area contributed by atoms with Crippen LogP contribution in [0, 0.1) is 0 Å². The SMILES string of the molecule is O=C([O-])CCCCCNc1ccc2ccccc2[nH+]1. The standard InChI is InChI=1S/C15H18N2O2/c18-15(19)8-2-1-5-11-16-14-10-9-12-6-3-4-7-13(12)17-14/h3-4,6-7,9-10H,1-2,5,8,11H2,(H,16,17)(H,18,19). The fourth-order valence-corrected chi connectivity index (χ4v) is 2.01. The monoisotopic (exact) mass is 258 g/mol. The number of para-hydroxylation sites is 1. The molecule has 0 radical (unpaired) electrons. The van der Waals surface area contributed by atoms with Gasteiger partial charge in [0.2, 0.25) is 0 Å². The number of unbranched alkanes of at least 4 members (excludes halogenated alkanes) is 2. The van der Waals surface area contributed by atoms with Crippen molar-refractivity contribution >= 4 is 22.7 Å². The molecule has 0 aliphatic carbocycles. The van der Waals surface area contributed by atoms with Crippen LogP contribution in [0.25, 0.3) is 10.9 Å². The molecule has 100 valence electrons. The highest BCUT2D eigenvalue weighted by Crippen LogP contribution is 2.10. The number of H-pyrrole nitrogens is 1. The third-order valence-electron chi connectivity index (χ3n) is 3.03. The molecule has 0 aliphatic rings. The molecule has 4 nitrogen and oxygen atoms in total. The highest BCUT2D eigenvalue weighted by atomic mass is 16.4. The van der Waals surface area contributed by atoms with E-state index in [9.17, 15) is 9.90 Å². The minimum Gasteiger partial charge on any atom is -0.550 e. The molecule has 2 aromatic rings. The molecule has 0 saturated heterocycles. The van der Waals surface area contributed by atoms with Gasteiger partial charge >= 0.3 is 0 Å². The zero-order valence-corrected chi connectivity index (χ0v) is 10.8. The van der Waals surface area contributed by atoms with Crippen LogP contribution < -0.4 is 15.4 Å². The van der Waals surface area contributed by atoms with Gasteiger partial charge in [0.25, 0.3) is 5.82 Å². The van der Waals surface area contributed by atoms with E-state index in [0.29, 0.717) is 6.42 Å². The van der Waals surface area contributed by atoms with Gasteiger partial charge in [0.1, 0.15) is 5.52 Å². The number of fused-ring (bicyclic) bond motifs is 1. The molecule has 0 unspecified atom stereocenters. The van der Waals surface area contributed by atoms with Gasteiger partial charge in [0, 0.05) is 17.4 Å². The van der Waals surface area contributed by atoms with E-state index in [2.05, 4.69) is 22.4 Å². The van der Waals surface area contributed by atoms with Crippen molar-refractivity contribution < 1.29 is 14.9 Å². The molecule has 1 aromatic heterocycles. The van der Waals surface area contributed by atoms with Gasteiger partial charge in [0.15, 0.2) is 0 Å². The molecule has 2 rings (SSSR count). The number of hydrogen-bond donors (Lipinski definition) is 1. The predicted octanol–water partition coefficient (Wildman–Crippen LogP) is 1.38. The van der Waals surface area contributed by atoms with E-state index < -0.39 is 5.97 Å². The normalized spacial score (nSPS) is 10.5. The summed E-state index contributed by atoms with van der Waals surface area (Å²) < 4.78 is 0. The summed E-state index contributed by atoms with van der Waals surface area (Å²) in [4.78, 5) is 13.6. The summed E-state index contributed by atoms with van der Waals surface area (Å²) in [6.45, 7) is 0.835. The molecular weight excluding hydrogens is 240 g/mol. The van der Waals surface area contributed by atoms with E-state index in [0.717, 1.165) is 30.7 Å². The molecule has 2 N–H and O–H groups in total. The number of carboxylic acid groups (broad SMARTS) is 1. The van der Waals surface area contributed by atoms with Crippen molar-refractivity contribution in [2.45, 2.75) is 25.7 Å². The summed E-state index contributed by atoms with van der Waals surface area (Å²) in [6, 6.07) is 12.2. The predicted molar refractivity (Wildman–Crippen MR) is 72.5 cm³/mol. The molecule has 1 heterocycles. The number of aliphatic carboxylic acids is 1. The lowest BCUT2D eigenvalue weighted by Crippen LogP contribution is -2.21. The Morgan fingerprint density at radius 2 is 1.95 bits per heavy atom. The summed E-state index contributed by atoms with van der Waals surface area (Å²) >= 11 is 0. The van der Waals surface area contributed by atoms with Crippen molar-refractivity contribution in [1.29, 1.82) is 0 Å². The zero-order valence-electron chi connectivity index (χ0n) is 10.8. The number of carboxylic acids is 1. The maximum atomic E-state index is 10.2. The quantitative estimate of drug-likeness (QED) is 0.763. The average molecular weight is 258 g/mol. The number of aromatic nitrogens is 1. The Labute approximate surface area is 112 Å². The first-order valence-electron chi connectivity index (χ1n) is 6.60. The largest absolute Gasteiger partial charge is 0.550 e. The van der Waals surface area contributed by atoms with E-state index in [4.69, 9.17) is 0 Å². The minimum absolute atomic E-state index is 0.155. The van der Waals surface area contributed by atoms with Crippen molar-refractivity contribution in [2.75, 3.05) is 11.9 Å². The lowest BCUT2D eigenvalue weighted by molar-refractivity contribution is -0.327. The van der Waals surface area contributed by atoms with Crippen molar-refractivity contribution in [1.82, 2.24) is 0 Å². The van der Waals surface area contributed by atoms with Gasteiger partial charge in [-0.05, 0) is 37.8 Å². The van der Waals surface area contributed by atoms with Gasteiger partial charge in [0.05, 0.1) is 6.54 Å². The lowest BCUT2D eigenvalue weighted by Gasteiger charge is -2.02. The number of rotatable bonds is 7. The third-order valence-corrected chi connectivity index (χ3v) is 3.03. The second kappa shape index (κ2) is 6.73. The minimum atomic E-state index is -0.962. The fraction of sp³-hybridized carbons (Fsp3) is 0.333. The molecule has 1 aromatic carbocycles. The first-order chi connectivity index (χ1) is 9.25. The smallest absolute Gasteiger partial charge is 0.272 e. The Kier molecular flexibility index (Phi) is 4.72. The van der Waals surface area contributed by atoms with Crippen molar-refractivity contribution in [3.8, 4) is 0 Å². The highest BCUT2D eigenvalue weighted by molar-refractivity contribution is 5.75. The van der Waals surface area contributed by atoms with Crippen molar-refractivity contribution in [3.63, 3.8) is 0 Å². The Morgan fingerprint density at radius 3 is 2.79 bits per heavy atom. The molecular formula is C15H18N2O2. The number of aromatic amines is 1. The van der Waals surface area contributed by atoms with Gasteiger partial charge in [-0.15, -0.1) is 0 Å². The van der Waals surface area contributed by atoms with E-state index in [-0.39, 0.29) is 6.42 Å². The van der Waals surface area contributed by atoms with Gasteiger partial charge in [-0.1, -0.05) is 18.2 Å². The molecule has 0 aliphatic heterocycles. The van der Waals surface area contributed by atoms with Crippen LogP contribution in [0.5, 0.6) is 0 Å². The summed E-state index contributed by atoms with van der Waals surface area (Å²) in [5.41, 5.74) is 1.10. The molecule has 0 bridgehead atoms. The molecule has 0 amide bonds. The van der Waals surface area contributed by atoms with Crippen LogP contribution >= 0.6 is 0 Å². The maximum absolute atomic E-state index is 10.2. The summed E-state index contributed by atoms with van der Waals surface area (Å²) in [7, 11) is 0. The van der Waals surface area contributed by atoms with Crippen LogP contribution in [0.3, 0.4) is 0 Å². The van der Waals surface area contributed by atoms with E-state index in [1.807, 2.05) is 24.3 Å². The summed E-state index contributed by atoms with van der Waals surface area (Å²) in [5.74, 6) is 0.0226. The Balaban J connectivity index is 1.77. The number of nitrogens with one attached hydrogen (secondary N) is 2. The number of pyridine rings is 1. The highest BCUT2D eigenvalue weighted by Gasteiger charge is 2.02. The molecule has 4 heteroatoms. The van der Waals surface area contributed by atoms with Gasteiger partial charge in [-0.2, -0.15) is 0 Å². The summed E-state index contributed by atoms with van der Waals surface area (Å²) in [5, 5.41) is 14.7. The van der Waals surface area contributed by atoms with Crippen LogP contribution in [-0.4, -0.2) is 12.5 Å². The van der Waals surface area contributed by atoms with Crippen molar-refractivity contribution in [2.24, 2.45) is 0 Å². The van der Waals surface area contributed by atoms with Crippen LogP contribution in [-0.2, 0) is 4.79 Å². The second-order valence-corrected chi connectivity index (χ2v) is 4.57. The number of hydrogen-bond acceptors (Lipinski definition) is 3. The van der Waals surface area contributed by atoms with Crippen LogP contribution in [0.4, 0.5) is 5.82 Å². The number of anilines is 1. The second-order valence-electron chi connectivity index (χ2n) is 4.57. The zero-order chi connectivity index (χ0) is 13.5. The molecule has 0 spiro atoms. The third kappa shape index (κ3) is 4.25. The Morgan fingerprint density at radius 1 is 1.11 bits per heavy atom. The maximum Gasteiger partial charge on any atom is 0.272 e. The van der Waals surface area contributed by atoms with Gasteiger partial charge in [-0.25, -0.2) is 4.98 Å². The fourth-order valence-electron chi connectivity index (χ4n) is 2.01. The topological polar surface area (TPSA) is 66.3 Å². The number of benzene rings is 1. The first kappa shape index (κ1) is 13.3. The van der Waals surface area contributed by atoms with Gasteiger partial charge in [-0.3, -0.25) is 5.32 Å². The number of carbonyl (C=O) groups excluding carboxylic acids is 1. The molecule has 0 atom stereocenters. The van der Waals surface area contributed by atoms with Crippen LogP contribution in [0.15, 0.2) is 36.4 Å². The molecule has 19 heavy (non-hydrogen) atoms. The lowest BCUT2D eigenvalue weighted by atomic mass is 10.2. The first-order valence-corrected chi connectivity index (χ1v) is 6.60. The van der Waals surface area contributed by atoms with E-state index >= 15 is 0 Å². The Bertz CT molecular complexity index is 555. The van der Waals surface area contributed by atoms with E-state index in [1.54, 1.807) is 0 Å². The summed E-state index contributed by atoms with van der Waals surface area (Å²) in [6.07, 6.45) is 2.69. The molecule has 0 fully saturated rings. The average Bonchev–Trinajstić information content (AvgIpc) is 2.42. The number of carbonyl (C=O) groups is 1. The van der Waals surface area contributed by atoms with Crippen molar-refractivity contribution in [3.05, 3.63) is 36.4 Å². The van der Waals surface area contributed by atoms with Crippen LogP contribution in [0.2, 0.25) is 0 Å². The van der Waals surface area contributed by atoms with Crippen LogP contribution in [0.1, 0.15) is 25.7 Å². The Hall–Kier alpha value is -2.10. The van der Waals surface area contributed by atoms with Gasteiger partial charge < -0.3 is 9.90 Å². The molecule has 0 saturated carbocycles.